The molecule has 1 aromatic carbocycles. The number of nitrogens with one attached hydrogen (secondary N) is 2. The number of anilines is 1. The SMILES string of the molecule is O=C(CSc1nc2ncccn2n1)NCC(=O)Nc1ccccc1Br. The number of thioether (sulfide) groups is 1. The highest BCUT2D eigenvalue weighted by molar-refractivity contribution is 9.10. The molecule has 0 bridgehead atoms. The van der Waals surface area contributed by atoms with Crippen molar-refractivity contribution in [3.05, 3.63) is 47.2 Å². The highest BCUT2D eigenvalue weighted by Crippen LogP contribution is 2.20. The first-order valence-corrected chi connectivity index (χ1v) is 9.01. The van der Waals surface area contributed by atoms with Crippen LogP contribution in [0.2, 0.25) is 0 Å². The summed E-state index contributed by atoms with van der Waals surface area (Å²) in [6, 6.07) is 8.99. The summed E-state index contributed by atoms with van der Waals surface area (Å²) < 4.78 is 2.31. The van der Waals surface area contributed by atoms with Gasteiger partial charge in [0.2, 0.25) is 17.0 Å². The summed E-state index contributed by atoms with van der Waals surface area (Å²) in [5.74, 6) is -0.00300. The fourth-order valence-electron chi connectivity index (χ4n) is 1.89. The number of halogens is 1. The van der Waals surface area contributed by atoms with Crippen LogP contribution in [0.3, 0.4) is 0 Å². The van der Waals surface area contributed by atoms with Gasteiger partial charge in [0, 0.05) is 16.9 Å². The van der Waals surface area contributed by atoms with E-state index in [1.165, 1.54) is 16.3 Å². The normalized spacial score (nSPS) is 10.6. The van der Waals surface area contributed by atoms with Crippen LogP contribution < -0.4 is 10.6 Å². The summed E-state index contributed by atoms with van der Waals surface area (Å²) in [6.45, 7) is -0.110. The van der Waals surface area contributed by atoms with Gasteiger partial charge in [0.25, 0.3) is 5.78 Å². The van der Waals surface area contributed by atoms with Gasteiger partial charge in [-0.15, -0.1) is 5.10 Å². The van der Waals surface area contributed by atoms with Gasteiger partial charge in [-0.2, -0.15) is 4.98 Å². The summed E-state index contributed by atoms with van der Waals surface area (Å²) in [5, 5.41) is 9.91. The standard InChI is InChI=1S/C15H13BrN6O2S/c16-10-4-1-2-5-11(10)19-12(23)8-18-13(24)9-25-15-20-14-17-6-3-7-22(14)21-15/h1-7H,8-9H2,(H,18,24)(H,19,23). The number of benzene rings is 1. The minimum atomic E-state index is -0.305. The monoisotopic (exact) mass is 420 g/mol. The second-order valence-corrected chi connectivity index (χ2v) is 6.65. The van der Waals surface area contributed by atoms with Gasteiger partial charge in [0.05, 0.1) is 18.0 Å². The predicted octanol–water partition coefficient (Wildman–Crippen LogP) is 1.73. The molecule has 0 fully saturated rings. The quantitative estimate of drug-likeness (QED) is 0.588. The van der Waals surface area contributed by atoms with E-state index in [1.54, 1.807) is 24.5 Å². The Morgan fingerprint density at radius 2 is 2.04 bits per heavy atom. The molecule has 3 aromatic rings. The molecule has 0 aliphatic carbocycles. The van der Waals surface area contributed by atoms with Crippen molar-refractivity contribution >= 4 is 51.0 Å². The van der Waals surface area contributed by atoms with Crippen molar-refractivity contribution in [1.82, 2.24) is 24.9 Å². The number of carbonyl (C=O) groups excluding carboxylic acids is 2. The van der Waals surface area contributed by atoms with E-state index < -0.39 is 0 Å². The average Bonchev–Trinajstić information content (AvgIpc) is 3.03. The number of carbonyl (C=O) groups is 2. The molecule has 8 nitrogen and oxygen atoms in total. The van der Waals surface area contributed by atoms with Crippen molar-refractivity contribution in [3.63, 3.8) is 0 Å². The highest BCUT2D eigenvalue weighted by atomic mass is 79.9. The molecule has 25 heavy (non-hydrogen) atoms. The van der Waals surface area contributed by atoms with E-state index in [4.69, 9.17) is 0 Å². The fourth-order valence-corrected chi connectivity index (χ4v) is 2.93. The number of nitrogens with zero attached hydrogens (tertiary/aromatic N) is 4. The van der Waals surface area contributed by atoms with Gasteiger partial charge in [-0.1, -0.05) is 23.9 Å². The van der Waals surface area contributed by atoms with E-state index in [1.807, 2.05) is 18.2 Å². The second kappa shape index (κ2) is 8.08. The molecule has 3 rings (SSSR count). The third kappa shape index (κ3) is 4.77. The lowest BCUT2D eigenvalue weighted by Crippen LogP contribution is -2.33. The molecule has 0 radical (unpaired) electrons. The van der Waals surface area contributed by atoms with Gasteiger partial charge in [0.1, 0.15) is 0 Å². The van der Waals surface area contributed by atoms with Crippen LogP contribution >= 0.6 is 27.7 Å². The molecule has 0 atom stereocenters. The van der Waals surface area contributed by atoms with Crippen LogP contribution in [0, 0.1) is 0 Å². The Morgan fingerprint density at radius 1 is 1.20 bits per heavy atom. The zero-order valence-electron chi connectivity index (χ0n) is 12.8. The molecule has 128 valence electrons. The Bertz CT molecular complexity index is 883. The van der Waals surface area contributed by atoms with Gasteiger partial charge in [-0.3, -0.25) is 9.59 Å². The predicted molar refractivity (Wildman–Crippen MR) is 97.3 cm³/mol. The smallest absolute Gasteiger partial charge is 0.253 e. The minimum Gasteiger partial charge on any atom is -0.346 e. The van der Waals surface area contributed by atoms with Gasteiger partial charge in [-0.25, -0.2) is 9.50 Å². The number of aromatic nitrogens is 4. The number of fused-ring (bicyclic) bond motifs is 1. The number of amides is 2. The van der Waals surface area contributed by atoms with E-state index in [9.17, 15) is 9.59 Å². The van der Waals surface area contributed by atoms with E-state index in [-0.39, 0.29) is 24.1 Å². The number of rotatable bonds is 6. The van der Waals surface area contributed by atoms with Crippen LogP contribution in [0.15, 0.2) is 52.4 Å². The molecule has 0 aliphatic heterocycles. The Labute approximate surface area is 155 Å². The van der Waals surface area contributed by atoms with E-state index in [0.29, 0.717) is 16.6 Å². The topological polar surface area (TPSA) is 101 Å². The maximum absolute atomic E-state index is 11.9. The van der Waals surface area contributed by atoms with Crippen molar-refractivity contribution in [3.8, 4) is 0 Å². The molecule has 0 spiro atoms. The Balaban J connectivity index is 1.44. The van der Waals surface area contributed by atoms with Crippen LogP contribution in [0.1, 0.15) is 0 Å². The van der Waals surface area contributed by atoms with E-state index >= 15 is 0 Å². The Morgan fingerprint density at radius 3 is 2.84 bits per heavy atom. The Kier molecular flexibility index (Phi) is 5.61. The molecule has 0 unspecified atom stereocenters. The molecule has 2 N–H and O–H groups in total. The average molecular weight is 421 g/mol. The molecule has 10 heteroatoms. The minimum absolute atomic E-state index is 0.110. The second-order valence-electron chi connectivity index (χ2n) is 4.85. The maximum Gasteiger partial charge on any atom is 0.253 e. The Hall–Kier alpha value is -2.46. The van der Waals surface area contributed by atoms with E-state index in [2.05, 4.69) is 41.6 Å². The summed E-state index contributed by atoms with van der Waals surface area (Å²) in [7, 11) is 0. The molecule has 0 saturated carbocycles. The van der Waals surface area contributed by atoms with Crippen molar-refractivity contribution in [1.29, 1.82) is 0 Å². The lowest BCUT2D eigenvalue weighted by atomic mass is 10.3. The zero-order chi connectivity index (χ0) is 17.6. The molecule has 2 aromatic heterocycles. The van der Waals surface area contributed by atoms with Crippen LogP contribution in [0.25, 0.3) is 5.78 Å². The molecule has 2 heterocycles. The molecule has 0 aliphatic rings. The summed E-state index contributed by atoms with van der Waals surface area (Å²) in [4.78, 5) is 32.0. The highest BCUT2D eigenvalue weighted by Gasteiger charge is 2.10. The van der Waals surface area contributed by atoms with Gasteiger partial charge < -0.3 is 10.6 Å². The third-order valence-corrected chi connectivity index (χ3v) is 4.55. The zero-order valence-corrected chi connectivity index (χ0v) is 15.2. The van der Waals surface area contributed by atoms with Gasteiger partial charge in [-0.05, 0) is 34.1 Å². The molecule has 0 saturated heterocycles. The molecular formula is C15H13BrN6O2S. The fraction of sp³-hybridized carbons (Fsp3) is 0.133. The third-order valence-electron chi connectivity index (χ3n) is 3.02. The van der Waals surface area contributed by atoms with Crippen LogP contribution in [0.4, 0.5) is 5.69 Å². The molecule has 2 amide bonds. The first-order chi connectivity index (χ1) is 12.1. The van der Waals surface area contributed by atoms with Crippen molar-refractivity contribution < 1.29 is 9.59 Å². The molecular weight excluding hydrogens is 408 g/mol. The van der Waals surface area contributed by atoms with Gasteiger partial charge in [0.15, 0.2) is 0 Å². The number of para-hydroxylation sites is 1. The summed E-state index contributed by atoms with van der Waals surface area (Å²) >= 11 is 4.52. The van der Waals surface area contributed by atoms with Crippen molar-refractivity contribution in [2.24, 2.45) is 0 Å². The van der Waals surface area contributed by atoms with Crippen LogP contribution in [0.5, 0.6) is 0 Å². The number of hydrogen-bond acceptors (Lipinski definition) is 6. The number of hydrogen-bond donors (Lipinski definition) is 2. The van der Waals surface area contributed by atoms with Crippen LogP contribution in [-0.2, 0) is 9.59 Å². The van der Waals surface area contributed by atoms with Crippen molar-refractivity contribution in [2.45, 2.75) is 5.16 Å². The summed E-state index contributed by atoms with van der Waals surface area (Å²) in [5.41, 5.74) is 0.650. The lowest BCUT2D eigenvalue weighted by molar-refractivity contribution is -0.122. The first-order valence-electron chi connectivity index (χ1n) is 7.23. The van der Waals surface area contributed by atoms with E-state index in [0.717, 1.165) is 4.47 Å². The van der Waals surface area contributed by atoms with Crippen molar-refractivity contribution in [2.75, 3.05) is 17.6 Å². The summed E-state index contributed by atoms with van der Waals surface area (Å²) in [6.07, 6.45) is 3.35. The first kappa shape index (κ1) is 17.4. The van der Waals surface area contributed by atoms with Gasteiger partial charge >= 0.3 is 0 Å². The lowest BCUT2D eigenvalue weighted by Gasteiger charge is -2.08. The van der Waals surface area contributed by atoms with Crippen LogP contribution in [-0.4, -0.2) is 43.7 Å². The maximum atomic E-state index is 11.9. The largest absolute Gasteiger partial charge is 0.346 e.